The van der Waals surface area contributed by atoms with Crippen molar-refractivity contribution in [2.75, 3.05) is 18.0 Å². The number of carbonyl (C=O) groups is 1. The molecule has 1 fully saturated rings. The average Bonchev–Trinajstić information content (AvgIpc) is 2.63. The van der Waals surface area contributed by atoms with Crippen molar-refractivity contribution in [1.82, 2.24) is 10.2 Å². The Kier molecular flexibility index (Phi) is 5.58. The number of carboxylic acids is 1. The Morgan fingerprint density at radius 3 is 2.56 bits per heavy atom. The van der Waals surface area contributed by atoms with E-state index >= 15 is 0 Å². The van der Waals surface area contributed by atoms with E-state index in [4.69, 9.17) is 0 Å². The first-order valence-electron chi connectivity index (χ1n) is 8.62. The molecular weight excluding hydrogens is 334 g/mol. The molecule has 0 aliphatic carbocycles. The summed E-state index contributed by atoms with van der Waals surface area (Å²) in [4.78, 5) is 14.3. The molecule has 1 aliphatic rings. The zero-order valence-corrected chi connectivity index (χ0v) is 15.4. The molecule has 1 aliphatic heterocycles. The third-order valence-corrected chi connectivity index (χ3v) is 5.42. The summed E-state index contributed by atoms with van der Waals surface area (Å²) in [7, 11) is 0. The Hall–Kier alpha value is -2.08. The lowest BCUT2D eigenvalue weighted by molar-refractivity contribution is -0.141. The van der Waals surface area contributed by atoms with Gasteiger partial charge >= 0.3 is 5.97 Å². The largest absolute Gasteiger partial charge is 0.481 e. The van der Waals surface area contributed by atoms with Crippen LogP contribution < -0.4 is 4.90 Å². The first-order valence-corrected chi connectivity index (χ1v) is 9.44. The van der Waals surface area contributed by atoms with Crippen LogP contribution in [0.5, 0.6) is 0 Å². The summed E-state index contributed by atoms with van der Waals surface area (Å²) in [6.45, 7) is 5.71. The standard InChI is InChI=1S/C19H23N3O2S/c1-13(2)14-5-7-16(8-6-14)25-18-10-9-17(20-21-18)22-11-3-4-15(12-22)19(23)24/h5-10,13,15H,3-4,11-12H2,1-2H3,(H,23,24). The van der Waals surface area contributed by atoms with E-state index in [1.807, 2.05) is 17.0 Å². The zero-order chi connectivity index (χ0) is 17.8. The minimum Gasteiger partial charge on any atom is -0.481 e. The van der Waals surface area contributed by atoms with E-state index in [1.54, 1.807) is 11.8 Å². The topological polar surface area (TPSA) is 66.3 Å². The molecule has 3 rings (SSSR count). The molecule has 1 atom stereocenters. The van der Waals surface area contributed by atoms with E-state index in [-0.39, 0.29) is 5.92 Å². The first-order chi connectivity index (χ1) is 12.0. The Morgan fingerprint density at radius 2 is 1.96 bits per heavy atom. The summed E-state index contributed by atoms with van der Waals surface area (Å²) in [5.41, 5.74) is 1.32. The fourth-order valence-corrected chi connectivity index (χ4v) is 3.70. The molecule has 1 aromatic carbocycles. The van der Waals surface area contributed by atoms with Crippen LogP contribution >= 0.6 is 11.8 Å². The second-order valence-electron chi connectivity index (χ2n) is 6.68. The molecule has 0 amide bonds. The highest BCUT2D eigenvalue weighted by Gasteiger charge is 2.26. The molecular formula is C19H23N3O2S. The van der Waals surface area contributed by atoms with Gasteiger partial charge in [-0.2, -0.15) is 0 Å². The van der Waals surface area contributed by atoms with Crippen molar-refractivity contribution in [3.8, 4) is 0 Å². The molecule has 0 bridgehead atoms. The normalized spacial score (nSPS) is 17.7. The number of rotatable bonds is 5. The third kappa shape index (κ3) is 4.51. The number of hydrogen-bond donors (Lipinski definition) is 1. The fourth-order valence-electron chi connectivity index (χ4n) is 2.96. The highest BCUT2D eigenvalue weighted by molar-refractivity contribution is 7.99. The molecule has 25 heavy (non-hydrogen) atoms. The summed E-state index contributed by atoms with van der Waals surface area (Å²) >= 11 is 1.58. The molecule has 1 aromatic heterocycles. The van der Waals surface area contributed by atoms with E-state index in [2.05, 4.69) is 48.3 Å². The maximum atomic E-state index is 11.2. The van der Waals surface area contributed by atoms with Crippen molar-refractivity contribution >= 4 is 23.5 Å². The number of benzene rings is 1. The van der Waals surface area contributed by atoms with Gasteiger partial charge in [0.1, 0.15) is 5.03 Å². The van der Waals surface area contributed by atoms with Crippen LogP contribution in [0.1, 0.15) is 38.2 Å². The summed E-state index contributed by atoms with van der Waals surface area (Å²) in [5, 5.41) is 18.6. The van der Waals surface area contributed by atoms with Crippen molar-refractivity contribution in [3.63, 3.8) is 0 Å². The smallest absolute Gasteiger partial charge is 0.308 e. The maximum absolute atomic E-state index is 11.2. The van der Waals surface area contributed by atoms with Gasteiger partial charge in [0.15, 0.2) is 5.82 Å². The first kappa shape index (κ1) is 17.7. The van der Waals surface area contributed by atoms with Crippen molar-refractivity contribution in [2.24, 2.45) is 5.92 Å². The van der Waals surface area contributed by atoms with E-state index in [0.29, 0.717) is 12.5 Å². The fraction of sp³-hybridized carbons (Fsp3) is 0.421. The van der Waals surface area contributed by atoms with Crippen LogP contribution in [0.2, 0.25) is 0 Å². The van der Waals surface area contributed by atoms with Crippen LogP contribution in [0.4, 0.5) is 5.82 Å². The lowest BCUT2D eigenvalue weighted by Crippen LogP contribution is -2.39. The van der Waals surface area contributed by atoms with Gasteiger partial charge in [-0.05, 0) is 48.6 Å². The third-order valence-electron chi connectivity index (χ3n) is 4.49. The number of aliphatic carboxylic acids is 1. The number of carboxylic acid groups (broad SMARTS) is 1. The van der Waals surface area contributed by atoms with Crippen LogP contribution in [0.15, 0.2) is 46.3 Å². The second-order valence-corrected chi connectivity index (χ2v) is 7.77. The predicted molar refractivity (Wildman–Crippen MR) is 99.3 cm³/mol. The highest BCUT2D eigenvalue weighted by Crippen LogP contribution is 2.28. The number of nitrogens with zero attached hydrogens (tertiary/aromatic N) is 3. The van der Waals surface area contributed by atoms with Crippen LogP contribution in [-0.2, 0) is 4.79 Å². The summed E-state index contributed by atoms with van der Waals surface area (Å²) in [6.07, 6.45) is 1.61. The lowest BCUT2D eigenvalue weighted by atomic mass is 9.98. The second kappa shape index (κ2) is 7.87. The van der Waals surface area contributed by atoms with Gasteiger partial charge in [-0.3, -0.25) is 4.79 Å². The van der Waals surface area contributed by atoms with Crippen molar-refractivity contribution in [2.45, 2.75) is 42.5 Å². The molecule has 1 N–H and O–H groups in total. The Morgan fingerprint density at radius 1 is 1.20 bits per heavy atom. The summed E-state index contributed by atoms with van der Waals surface area (Å²) in [6, 6.07) is 12.4. The number of hydrogen-bond acceptors (Lipinski definition) is 5. The number of aromatic nitrogens is 2. The molecule has 0 radical (unpaired) electrons. The minimum atomic E-state index is -0.727. The van der Waals surface area contributed by atoms with Gasteiger partial charge in [0, 0.05) is 18.0 Å². The molecule has 6 heteroatoms. The van der Waals surface area contributed by atoms with Gasteiger partial charge < -0.3 is 10.0 Å². The van der Waals surface area contributed by atoms with Crippen LogP contribution in [-0.4, -0.2) is 34.4 Å². The molecule has 2 heterocycles. The number of anilines is 1. The van der Waals surface area contributed by atoms with Gasteiger partial charge in [-0.15, -0.1) is 10.2 Å². The lowest BCUT2D eigenvalue weighted by Gasteiger charge is -2.31. The monoisotopic (exact) mass is 357 g/mol. The summed E-state index contributed by atoms with van der Waals surface area (Å²) < 4.78 is 0. The average molecular weight is 357 g/mol. The van der Waals surface area contributed by atoms with E-state index in [1.165, 1.54) is 5.56 Å². The molecule has 1 saturated heterocycles. The van der Waals surface area contributed by atoms with E-state index in [0.717, 1.165) is 35.1 Å². The number of piperidine rings is 1. The quantitative estimate of drug-likeness (QED) is 0.871. The highest BCUT2D eigenvalue weighted by atomic mass is 32.2. The molecule has 0 spiro atoms. The summed E-state index contributed by atoms with van der Waals surface area (Å²) in [5.74, 6) is 0.238. The Bertz CT molecular complexity index is 716. The SMILES string of the molecule is CC(C)c1ccc(Sc2ccc(N3CCCC(C(=O)O)C3)nn2)cc1. The van der Waals surface area contributed by atoms with Gasteiger partial charge in [0.2, 0.25) is 0 Å². The van der Waals surface area contributed by atoms with E-state index in [9.17, 15) is 9.90 Å². The van der Waals surface area contributed by atoms with Gasteiger partial charge in [0.25, 0.3) is 0 Å². The zero-order valence-electron chi connectivity index (χ0n) is 14.6. The van der Waals surface area contributed by atoms with Crippen LogP contribution in [0.25, 0.3) is 0 Å². The van der Waals surface area contributed by atoms with Crippen molar-refractivity contribution < 1.29 is 9.90 Å². The predicted octanol–water partition coefficient (Wildman–Crippen LogP) is 4.05. The maximum Gasteiger partial charge on any atom is 0.308 e. The molecule has 5 nitrogen and oxygen atoms in total. The van der Waals surface area contributed by atoms with E-state index < -0.39 is 5.97 Å². The van der Waals surface area contributed by atoms with Crippen LogP contribution in [0.3, 0.4) is 0 Å². The Labute approximate surface area is 152 Å². The van der Waals surface area contributed by atoms with Gasteiger partial charge in [-0.1, -0.05) is 37.7 Å². The molecule has 1 unspecified atom stereocenters. The minimum absolute atomic E-state index is 0.316. The van der Waals surface area contributed by atoms with Crippen molar-refractivity contribution in [3.05, 3.63) is 42.0 Å². The molecule has 132 valence electrons. The van der Waals surface area contributed by atoms with Gasteiger partial charge in [-0.25, -0.2) is 0 Å². The molecule has 2 aromatic rings. The molecule has 0 saturated carbocycles. The van der Waals surface area contributed by atoms with Crippen LogP contribution in [0, 0.1) is 5.92 Å². The van der Waals surface area contributed by atoms with Gasteiger partial charge in [0.05, 0.1) is 5.92 Å². The Balaban J connectivity index is 1.64. The van der Waals surface area contributed by atoms with Crippen molar-refractivity contribution in [1.29, 1.82) is 0 Å².